The first-order valence-corrected chi connectivity index (χ1v) is 8.74. The maximum Gasteiger partial charge on any atom is 0.426 e. The molecule has 0 unspecified atom stereocenters. The average Bonchev–Trinajstić information content (AvgIpc) is 3.02. The third kappa shape index (κ3) is 3.81. The first kappa shape index (κ1) is 19.7. The zero-order chi connectivity index (χ0) is 19.0. The highest BCUT2D eigenvalue weighted by Crippen LogP contribution is 2.33. The summed E-state index contributed by atoms with van der Waals surface area (Å²) in [5.74, 6) is -1.73. The fraction of sp³-hybridized carbons (Fsp3) is 0.357. The number of rotatable bonds is 4. The number of carbonyl (C=O) groups excluding carboxylic acids is 1. The van der Waals surface area contributed by atoms with Gasteiger partial charge in [-0.05, 0) is 25.1 Å². The molecule has 0 aliphatic carbocycles. The van der Waals surface area contributed by atoms with Crippen molar-refractivity contribution in [1.29, 1.82) is 0 Å². The van der Waals surface area contributed by atoms with Crippen molar-refractivity contribution in [1.82, 2.24) is 4.31 Å². The molecule has 0 bridgehead atoms. The van der Waals surface area contributed by atoms with Crippen LogP contribution < -0.4 is 5.32 Å². The number of alkyl halides is 3. The van der Waals surface area contributed by atoms with Gasteiger partial charge in [0.25, 0.3) is 5.91 Å². The molecule has 1 atom stereocenters. The van der Waals surface area contributed by atoms with E-state index in [9.17, 15) is 31.5 Å². The highest BCUT2D eigenvalue weighted by molar-refractivity contribution is 7.89. The molecule has 1 aromatic rings. The standard InChI is InChI=1S/C14H14ClF3N2O4S/c1-13(22,14(16,17)18)12(21)19-11-5-4-9(8-10(11)15)25(23,24)20-6-2-3-7-20/h2-5,8,22H,6-7H2,1H3,(H,19,21)/t13-/m1/s1. The number of benzene rings is 1. The van der Waals surface area contributed by atoms with E-state index in [1.165, 1.54) is 4.31 Å². The first-order chi connectivity index (χ1) is 11.4. The van der Waals surface area contributed by atoms with Crippen LogP contribution in [-0.4, -0.2) is 48.6 Å². The quantitative estimate of drug-likeness (QED) is 0.761. The SMILES string of the molecule is C[C@@](O)(C(=O)Nc1ccc(S(=O)(=O)N2CC=CC2)cc1Cl)C(F)(F)F. The van der Waals surface area contributed by atoms with E-state index in [-0.39, 0.29) is 28.7 Å². The van der Waals surface area contributed by atoms with E-state index in [1.54, 1.807) is 12.2 Å². The monoisotopic (exact) mass is 398 g/mol. The molecule has 2 N–H and O–H groups in total. The Morgan fingerprint density at radius 1 is 1.28 bits per heavy atom. The molecule has 1 amide bonds. The number of hydrogen-bond acceptors (Lipinski definition) is 4. The van der Waals surface area contributed by atoms with E-state index in [4.69, 9.17) is 11.6 Å². The summed E-state index contributed by atoms with van der Waals surface area (Å²) < 4.78 is 63.8. The van der Waals surface area contributed by atoms with E-state index in [0.717, 1.165) is 18.2 Å². The van der Waals surface area contributed by atoms with E-state index in [1.807, 2.05) is 5.32 Å². The van der Waals surface area contributed by atoms with Gasteiger partial charge in [0, 0.05) is 13.1 Å². The van der Waals surface area contributed by atoms with Crippen molar-refractivity contribution in [2.24, 2.45) is 0 Å². The lowest BCUT2D eigenvalue weighted by Gasteiger charge is -2.25. The molecule has 11 heteroatoms. The number of amides is 1. The number of sulfonamides is 1. The summed E-state index contributed by atoms with van der Waals surface area (Å²) in [5, 5.41) is 10.9. The fourth-order valence-electron chi connectivity index (χ4n) is 1.93. The van der Waals surface area contributed by atoms with Crippen LogP contribution in [0.5, 0.6) is 0 Å². The summed E-state index contributed by atoms with van der Waals surface area (Å²) in [6.45, 7) is 0.704. The van der Waals surface area contributed by atoms with Gasteiger partial charge in [0.05, 0.1) is 15.6 Å². The molecule has 0 saturated heterocycles. The molecule has 1 heterocycles. The minimum atomic E-state index is -5.18. The van der Waals surface area contributed by atoms with Gasteiger partial charge >= 0.3 is 6.18 Å². The number of nitrogens with one attached hydrogen (secondary N) is 1. The highest BCUT2D eigenvalue weighted by Gasteiger charge is 2.55. The molecule has 6 nitrogen and oxygen atoms in total. The molecule has 0 fully saturated rings. The van der Waals surface area contributed by atoms with Crippen LogP contribution in [0.1, 0.15) is 6.92 Å². The number of halogens is 4. The van der Waals surface area contributed by atoms with Crippen molar-refractivity contribution >= 4 is 33.2 Å². The van der Waals surface area contributed by atoms with Crippen molar-refractivity contribution in [3.05, 3.63) is 35.4 Å². The average molecular weight is 399 g/mol. The van der Waals surface area contributed by atoms with Crippen LogP contribution in [0.3, 0.4) is 0 Å². The lowest BCUT2D eigenvalue weighted by atomic mass is 10.1. The zero-order valence-corrected chi connectivity index (χ0v) is 14.4. The predicted octanol–water partition coefficient (Wildman–Crippen LogP) is 2.15. The summed E-state index contributed by atoms with van der Waals surface area (Å²) in [7, 11) is -3.81. The van der Waals surface area contributed by atoms with Crippen molar-refractivity contribution < 1.29 is 31.5 Å². The van der Waals surface area contributed by atoms with E-state index in [0.29, 0.717) is 6.92 Å². The van der Waals surface area contributed by atoms with Gasteiger partial charge in [0.15, 0.2) is 0 Å². The predicted molar refractivity (Wildman–Crippen MR) is 84.7 cm³/mol. The molecule has 2 rings (SSSR count). The van der Waals surface area contributed by atoms with Crippen LogP contribution in [0.2, 0.25) is 5.02 Å². The first-order valence-electron chi connectivity index (χ1n) is 6.92. The van der Waals surface area contributed by atoms with Crippen molar-refractivity contribution in [3.63, 3.8) is 0 Å². The van der Waals surface area contributed by atoms with E-state index in [2.05, 4.69) is 0 Å². The van der Waals surface area contributed by atoms with Crippen LogP contribution in [0.25, 0.3) is 0 Å². The Labute approximate surface area is 146 Å². The van der Waals surface area contributed by atoms with Gasteiger partial charge in [0.2, 0.25) is 15.6 Å². The molecule has 0 spiro atoms. The molecule has 25 heavy (non-hydrogen) atoms. The number of aliphatic hydroxyl groups is 1. The largest absolute Gasteiger partial charge is 0.426 e. The minimum Gasteiger partial charge on any atom is -0.373 e. The third-order valence-corrected chi connectivity index (χ3v) is 5.75. The lowest BCUT2D eigenvalue weighted by Crippen LogP contribution is -2.52. The maximum absolute atomic E-state index is 12.6. The lowest BCUT2D eigenvalue weighted by molar-refractivity contribution is -0.242. The topological polar surface area (TPSA) is 86.7 Å². The van der Waals surface area contributed by atoms with Crippen molar-refractivity contribution in [3.8, 4) is 0 Å². The number of hydrogen-bond donors (Lipinski definition) is 2. The van der Waals surface area contributed by atoms with E-state index < -0.39 is 27.7 Å². The van der Waals surface area contributed by atoms with Crippen LogP contribution >= 0.6 is 11.6 Å². The summed E-state index contributed by atoms with van der Waals surface area (Å²) >= 11 is 5.87. The Hall–Kier alpha value is -1.62. The van der Waals surface area contributed by atoms with Gasteiger partial charge < -0.3 is 10.4 Å². The molecule has 1 aromatic carbocycles. The smallest absolute Gasteiger partial charge is 0.373 e. The molecule has 0 saturated carbocycles. The second-order valence-electron chi connectivity index (χ2n) is 5.46. The zero-order valence-electron chi connectivity index (χ0n) is 12.8. The summed E-state index contributed by atoms with van der Waals surface area (Å²) in [4.78, 5) is 11.5. The maximum atomic E-state index is 12.6. The number of nitrogens with zero attached hydrogens (tertiary/aromatic N) is 1. The van der Waals surface area contributed by atoms with Crippen LogP contribution in [0.4, 0.5) is 18.9 Å². The Bertz CT molecular complexity index is 814. The Morgan fingerprint density at radius 3 is 2.32 bits per heavy atom. The van der Waals surface area contributed by atoms with Gasteiger partial charge in [0.1, 0.15) is 0 Å². The fourth-order valence-corrected chi connectivity index (χ4v) is 3.60. The van der Waals surface area contributed by atoms with Crippen molar-refractivity contribution in [2.45, 2.75) is 23.6 Å². The molecule has 0 radical (unpaired) electrons. The minimum absolute atomic E-state index is 0.165. The Morgan fingerprint density at radius 2 is 1.84 bits per heavy atom. The number of carbonyl (C=O) groups is 1. The van der Waals surface area contributed by atoms with Gasteiger partial charge in [-0.2, -0.15) is 17.5 Å². The van der Waals surface area contributed by atoms with Gasteiger partial charge in [-0.1, -0.05) is 23.8 Å². The Kier molecular flexibility index (Phi) is 5.20. The van der Waals surface area contributed by atoms with Crippen LogP contribution in [-0.2, 0) is 14.8 Å². The van der Waals surface area contributed by atoms with Gasteiger partial charge in [-0.15, -0.1) is 0 Å². The molecule has 0 aromatic heterocycles. The summed E-state index contributed by atoms with van der Waals surface area (Å²) in [6, 6.07) is 3.19. The Balaban J connectivity index is 2.24. The van der Waals surface area contributed by atoms with E-state index >= 15 is 0 Å². The van der Waals surface area contributed by atoms with Crippen molar-refractivity contribution in [2.75, 3.05) is 18.4 Å². The highest BCUT2D eigenvalue weighted by atomic mass is 35.5. The number of anilines is 1. The van der Waals surface area contributed by atoms with Gasteiger partial charge in [-0.25, -0.2) is 8.42 Å². The second-order valence-corrected chi connectivity index (χ2v) is 7.80. The summed E-state index contributed by atoms with van der Waals surface area (Å²) in [6.07, 6.45) is -1.84. The van der Waals surface area contributed by atoms with Crippen LogP contribution in [0, 0.1) is 0 Å². The van der Waals surface area contributed by atoms with Gasteiger partial charge in [-0.3, -0.25) is 4.79 Å². The molecular weight excluding hydrogens is 385 g/mol. The molecule has 138 valence electrons. The van der Waals surface area contributed by atoms with Crippen LogP contribution in [0.15, 0.2) is 35.2 Å². The molecular formula is C14H14ClF3N2O4S. The molecule has 1 aliphatic heterocycles. The second kappa shape index (κ2) is 6.60. The third-order valence-electron chi connectivity index (χ3n) is 3.61. The summed E-state index contributed by atoms with van der Waals surface area (Å²) in [5.41, 5.74) is -3.88. The normalized spacial score (nSPS) is 18.2. The molecule has 1 aliphatic rings.